The number of anilines is 1. The van der Waals surface area contributed by atoms with Crippen molar-refractivity contribution in [3.8, 4) is 0 Å². The Kier molecular flexibility index (Phi) is 3.66. The van der Waals surface area contributed by atoms with Crippen LogP contribution in [0.3, 0.4) is 0 Å². The van der Waals surface area contributed by atoms with Crippen LogP contribution in [-0.2, 0) is 0 Å². The maximum absolute atomic E-state index is 5.98. The first-order valence-corrected chi connectivity index (χ1v) is 6.24. The lowest BCUT2D eigenvalue weighted by molar-refractivity contribution is 0.233. The van der Waals surface area contributed by atoms with Crippen molar-refractivity contribution >= 4 is 17.4 Å². The van der Waals surface area contributed by atoms with Crippen LogP contribution in [0.5, 0.6) is 0 Å². The van der Waals surface area contributed by atoms with Crippen LogP contribution in [0.1, 0.15) is 37.8 Å². The van der Waals surface area contributed by atoms with Crippen molar-refractivity contribution in [1.29, 1.82) is 0 Å². The zero-order valence-electron chi connectivity index (χ0n) is 9.54. The molecule has 16 heavy (non-hydrogen) atoms. The zero-order chi connectivity index (χ0) is 11.5. The molecule has 0 saturated heterocycles. The molecule has 0 amide bonds. The van der Waals surface area contributed by atoms with E-state index >= 15 is 0 Å². The maximum atomic E-state index is 5.98. The van der Waals surface area contributed by atoms with E-state index in [1.165, 1.54) is 19.3 Å². The van der Waals surface area contributed by atoms with Gasteiger partial charge in [-0.3, -0.25) is 0 Å². The number of nitrogens with one attached hydrogen (secondary N) is 1. The van der Waals surface area contributed by atoms with Gasteiger partial charge in [-0.2, -0.15) is 0 Å². The SMILES string of the molecule is CCNC(c1cc(Cl)cnc1N)C1CCC1. The molecule has 4 heteroatoms. The summed E-state index contributed by atoms with van der Waals surface area (Å²) in [6.07, 6.45) is 5.46. The third-order valence-electron chi connectivity index (χ3n) is 3.30. The summed E-state index contributed by atoms with van der Waals surface area (Å²) in [7, 11) is 0. The van der Waals surface area contributed by atoms with Crippen LogP contribution >= 0.6 is 11.6 Å². The summed E-state index contributed by atoms with van der Waals surface area (Å²) >= 11 is 5.98. The summed E-state index contributed by atoms with van der Waals surface area (Å²) in [6.45, 7) is 3.05. The van der Waals surface area contributed by atoms with E-state index in [1.807, 2.05) is 6.07 Å². The van der Waals surface area contributed by atoms with E-state index in [9.17, 15) is 0 Å². The Morgan fingerprint density at radius 1 is 1.62 bits per heavy atom. The number of aromatic nitrogens is 1. The monoisotopic (exact) mass is 239 g/mol. The first kappa shape index (κ1) is 11.7. The van der Waals surface area contributed by atoms with Crippen LogP contribution in [0.25, 0.3) is 0 Å². The van der Waals surface area contributed by atoms with Gasteiger partial charge in [0, 0.05) is 17.8 Å². The Morgan fingerprint density at radius 2 is 2.38 bits per heavy atom. The van der Waals surface area contributed by atoms with Crippen LogP contribution in [-0.4, -0.2) is 11.5 Å². The smallest absolute Gasteiger partial charge is 0.128 e. The number of hydrogen-bond donors (Lipinski definition) is 2. The molecule has 1 aromatic rings. The van der Waals surface area contributed by atoms with Crippen molar-refractivity contribution in [2.45, 2.75) is 32.2 Å². The van der Waals surface area contributed by atoms with E-state index in [4.69, 9.17) is 17.3 Å². The van der Waals surface area contributed by atoms with E-state index in [-0.39, 0.29) is 0 Å². The molecule has 1 heterocycles. The highest BCUT2D eigenvalue weighted by Gasteiger charge is 2.29. The third kappa shape index (κ3) is 2.30. The summed E-state index contributed by atoms with van der Waals surface area (Å²) < 4.78 is 0. The van der Waals surface area contributed by atoms with Crippen molar-refractivity contribution < 1.29 is 0 Å². The van der Waals surface area contributed by atoms with Gasteiger partial charge in [0.2, 0.25) is 0 Å². The Hall–Kier alpha value is -0.800. The minimum atomic E-state index is 0.310. The molecule has 0 spiro atoms. The van der Waals surface area contributed by atoms with Crippen LogP contribution in [0, 0.1) is 5.92 Å². The van der Waals surface area contributed by atoms with Crippen molar-refractivity contribution in [3.63, 3.8) is 0 Å². The van der Waals surface area contributed by atoms with Crippen molar-refractivity contribution in [2.75, 3.05) is 12.3 Å². The maximum Gasteiger partial charge on any atom is 0.128 e. The highest BCUT2D eigenvalue weighted by molar-refractivity contribution is 6.30. The minimum Gasteiger partial charge on any atom is -0.383 e. The molecule has 3 nitrogen and oxygen atoms in total. The van der Waals surface area contributed by atoms with E-state index in [0.29, 0.717) is 22.8 Å². The molecule has 2 rings (SSSR count). The Balaban J connectivity index is 2.25. The second-order valence-corrected chi connectivity index (χ2v) is 4.79. The molecular weight excluding hydrogens is 222 g/mol. The van der Waals surface area contributed by atoms with Crippen LogP contribution in [0.2, 0.25) is 5.02 Å². The van der Waals surface area contributed by atoms with Gasteiger partial charge in [0.25, 0.3) is 0 Å². The molecule has 0 radical (unpaired) electrons. The van der Waals surface area contributed by atoms with Crippen LogP contribution < -0.4 is 11.1 Å². The Labute approximate surface area is 101 Å². The molecule has 1 saturated carbocycles. The third-order valence-corrected chi connectivity index (χ3v) is 3.50. The van der Waals surface area contributed by atoms with Crippen molar-refractivity contribution in [3.05, 3.63) is 22.8 Å². The first-order valence-electron chi connectivity index (χ1n) is 5.86. The van der Waals surface area contributed by atoms with Gasteiger partial charge in [0.1, 0.15) is 5.82 Å². The average molecular weight is 240 g/mol. The van der Waals surface area contributed by atoms with Gasteiger partial charge in [-0.1, -0.05) is 24.9 Å². The van der Waals surface area contributed by atoms with Crippen LogP contribution in [0.15, 0.2) is 12.3 Å². The average Bonchev–Trinajstić information content (AvgIpc) is 2.18. The van der Waals surface area contributed by atoms with Gasteiger partial charge in [-0.05, 0) is 31.4 Å². The van der Waals surface area contributed by atoms with E-state index in [1.54, 1.807) is 6.20 Å². The van der Waals surface area contributed by atoms with Crippen LogP contribution in [0.4, 0.5) is 5.82 Å². The van der Waals surface area contributed by atoms with Gasteiger partial charge >= 0.3 is 0 Å². The lowest BCUT2D eigenvalue weighted by atomic mass is 9.77. The lowest BCUT2D eigenvalue weighted by Gasteiger charge is -2.35. The molecule has 0 bridgehead atoms. The van der Waals surface area contributed by atoms with Crippen molar-refractivity contribution in [2.24, 2.45) is 5.92 Å². The fourth-order valence-corrected chi connectivity index (χ4v) is 2.40. The molecule has 1 fully saturated rings. The molecule has 1 aromatic heterocycles. The predicted octanol–water partition coefficient (Wildman–Crippen LogP) is 2.77. The fraction of sp³-hybridized carbons (Fsp3) is 0.583. The largest absolute Gasteiger partial charge is 0.383 e. The quantitative estimate of drug-likeness (QED) is 0.850. The van der Waals surface area contributed by atoms with Gasteiger partial charge in [0.05, 0.1) is 5.02 Å². The topological polar surface area (TPSA) is 50.9 Å². The molecule has 88 valence electrons. The molecule has 3 N–H and O–H groups in total. The number of nitrogens with two attached hydrogens (primary N) is 1. The fourth-order valence-electron chi connectivity index (χ4n) is 2.24. The summed E-state index contributed by atoms with van der Waals surface area (Å²) in [4.78, 5) is 4.13. The number of nitrogen functional groups attached to an aromatic ring is 1. The Bertz CT molecular complexity index is 363. The first-order chi connectivity index (χ1) is 7.72. The molecule has 1 aliphatic carbocycles. The molecule has 1 atom stereocenters. The molecule has 1 unspecified atom stereocenters. The number of halogens is 1. The molecule has 1 aliphatic rings. The number of nitrogens with zero attached hydrogens (tertiary/aromatic N) is 1. The number of hydrogen-bond acceptors (Lipinski definition) is 3. The van der Waals surface area contributed by atoms with Gasteiger partial charge < -0.3 is 11.1 Å². The summed E-state index contributed by atoms with van der Waals surface area (Å²) in [5.41, 5.74) is 6.98. The summed E-state index contributed by atoms with van der Waals surface area (Å²) in [5, 5.41) is 4.15. The van der Waals surface area contributed by atoms with Gasteiger partial charge in [0.15, 0.2) is 0 Å². The standard InChI is InChI=1S/C12H18ClN3/c1-2-15-11(8-4-3-5-8)10-6-9(13)7-16-12(10)14/h6-8,11,15H,2-5H2,1H3,(H2,14,16). The number of pyridine rings is 1. The van der Waals surface area contributed by atoms with E-state index in [2.05, 4.69) is 17.2 Å². The predicted molar refractivity (Wildman–Crippen MR) is 67.4 cm³/mol. The number of rotatable bonds is 4. The summed E-state index contributed by atoms with van der Waals surface area (Å²) in [6, 6.07) is 2.25. The van der Waals surface area contributed by atoms with E-state index < -0.39 is 0 Å². The highest BCUT2D eigenvalue weighted by atomic mass is 35.5. The molecule has 0 aliphatic heterocycles. The molecular formula is C12H18ClN3. The molecule has 0 aromatic carbocycles. The second kappa shape index (κ2) is 5.02. The Morgan fingerprint density at radius 3 is 2.94 bits per heavy atom. The van der Waals surface area contributed by atoms with Crippen molar-refractivity contribution in [1.82, 2.24) is 10.3 Å². The lowest BCUT2D eigenvalue weighted by Crippen LogP contribution is -2.32. The highest BCUT2D eigenvalue weighted by Crippen LogP contribution is 2.39. The van der Waals surface area contributed by atoms with Gasteiger partial charge in [-0.15, -0.1) is 0 Å². The van der Waals surface area contributed by atoms with Gasteiger partial charge in [-0.25, -0.2) is 4.98 Å². The summed E-state index contributed by atoms with van der Waals surface area (Å²) in [5.74, 6) is 1.28. The minimum absolute atomic E-state index is 0.310. The normalized spacial score (nSPS) is 18.1. The second-order valence-electron chi connectivity index (χ2n) is 4.35. The zero-order valence-corrected chi connectivity index (χ0v) is 10.3. The van der Waals surface area contributed by atoms with E-state index in [0.717, 1.165) is 12.1 Å².